The number of aliphatic hydroxyl groups is 1. The third kappa shape index (κ3) is 2.39. The number of aromatic hydroxyl groups is 1. The average molecular weight is 214 g/mol. The normalized spacial score (nSPS) is 12.6. The van der Waals surface area contributed by atoms with Crippen LogP contribution < -0.4 is 4.74 Å². The number of benzene rings is 1. The van der Waals surface area contributed by atoms with Gasteiger partial charge in [-0.15, -0.1) is 0 Å². The first-order chi connectivity index (χ1) is 6.97. The highest BCUT2D eigenvalue weighted by atomic mass is 19.1. The van der Waals surface area contributed by atoms with E-state index in [1.807, 2.05) is 0 Å². The van der Waals surface area contributed by atoms with Crippen LogP contribution in [-0.2, 0) is 6.42 Å². The maximum absolute atomic E-state index is 13.5. The first-order valence-corrected chi connectivity index (χ1v) is 4.70. The molecule has 0 amide bonds. The zero-order valence-electron chi connectivity index (χ0n) is 9.04. The van der Waals surface area contributed by atoms with E-state index < -0.39 is 17.7 Å². The largest absolute Gasteiger partial charge is 0.502 e. The van der Waals surface area contributed by atoms with Gasteiger partial charge in [0.25, 0.3) is 0 Å². The maximum atomic E-state index is 13.5. The fourth-order valence-electron chi connectivity index (χ4n) is 1.55. The number of methoxy groups -OCH3 is 1. The van der Waals surface area contributed by atoms with E-state index in [0.29, 0.717) is 11.1 Å². The monoisotopic (exact) mass is 214 g/mol. The Hall–Kier alpha value is -1.29. The molecule has 0 radical (unpaired) electrons. The summed E-state index contributed by atoms with van der Waals surface area (Å²) in [6.07, 6.45) is -0.476. The summed E-state index contributed by atoms with van der Waals surface area (Å²) < 4.78 is 18.4. The molecule has 84 valence electrons. The molecule has 0 bridgehead atoms. The lowest BCUT2D eigenvalue weighted by atomic mass is 10.0. The van der Waals surface area contributed by atoms with Crippen molar-refractivity contribution < 1.29 is 19.3 Å². The van der Waals surface area contributed by atoms with Crippen LogP contribution in [0, 0.1) is 12.7 Å². The molecule has 0 aliphatic heterocycles. The van der Waals surface area contributed by atoms with Crippen molar-refractivity contribution in [1.29, 1.82) is 0 Å². The summed E-state index contributed by atoms with van der Waals surface area (Å²) in [6.45, 7) is 3.28. The van der Waals surface area contributed by atoms with Crippen molar-refractivity contribution in [2.75, 3.05) is 7.11 Å². The van der Waals surface area contributed by atoms with Crippen LogP contribution in [0.5, 0.6) is 11.5 Å². The maximum Gasteiger partial charge on any atom is 0.194 e. The van der Waals surface area contributed by atoms with Crippen LogP contribution in [0.25, 0.3) is 0 Å². The minimum Gasteiger partial charge on any atom is -0.502 e. The number of phenols is 1. The summed E-state index contributed by atoms with van der Waals surface area (Å²) in [7, 11) is 1.37. The number of ether oxygens (including phenoxy) is 1. The predicted molar refractivity (Wildman–Crippen MR) is 54.7 cm³/mol. The van der Waals surface area contributed by atoms with Gasteiger partial charge in [-0.25, -0.2) is 4.39 Å². The lowest BCUT2D eigenvalue weighted by molar-refractivity contribution is 0.193. The third-order valence-electron chi connectivity index (χ3n) is 2.17. The zero-order chi connectivity index (χ0) is 11.6. The van der Waals surface area contributed by atoms with Gasteiger partial charge < -0.3 is 14.9 Å². The highest BCUT2D eigenvalue weighted by Gasteiger charge is 2.17. The molecule has 0 saturated carbocycles. The van der Waals surface area contributed by atoms with E-state index in [4.69, 9.17) is 9.84 Å². The fourth-order valence-corrected chi connectivity index (χ4v) is 1.55. The van der Waals surface area contributed by atoms with Gasteiger partial charge in [-0.3, -0.25) is 0 Å². The molecule has 0 saturated heterocycles. The van der Waals surface area contributed by atoms with Crippen molar-refractivity contribution in [1.82, 2.24) is 0 Å². The van der Waals surface area contributed by atoms with E-state index in [9.17, 15) is 9.50 Å². The molecule has 1 aromatic rings. The van der Waals surface area contributed by atoms with Gasteiger partial charge in [0.2, 0.25) is 0 Å². The van der Waals surface area contributed by atoms with Gasteiger partial charge in [0.05, 0.1) is 13.2 Å². The smallest absolute Gasteiger partial charge is 0.194 e. The highest BCUT2D eigenvalue weighted by Crippen LogP contribution is 2.34. The molecule has 0 heterocycles. The van der Waals surface area contributed by atoms with Crippen molar-refractivity contribution in [3.63, 3.8) is 0 Å². The molecule has 1 unspecified atom stereocenters. The van der Waals surface area contributed by atoms with Gasteiger partial charge in [0.1, 0.15) is 0 Å². The molecule has 4 heteroatoms. The summed E-state index contributed by atoms with van der Waals surface area (Å²) in [5.41, 5.74) is 0.938. The number of aryl methyl sites for hydroxylation is 1. The SMILES string of the molecule is COc1c(C)cc(CC(C)O)c(F)c1O. The minimum absolute atomic E-state index is 0.141. The molecule has 0 spiro atoms. The lowest BCUT2D eigenvalue weighted by Gasteiger charge is -2.12. The lowest BCUT2D eigenvalue weighted by Crippen LogP contribution is -2.07. The van der Waals surface area contributed by atoms with E-state index in [2.05, 4.69) is 0 Å². The Morgan fingerprint density at radius 2 is 2.13 bits per heavy atom. The second kappa shape index (κ2) is 4.49. The summed E-state index contributed by atoms with van der Waals surface area (Å²) in [5.74, 6) is -1.08. The molecule has 3 nitrogen and oxygen atoms in total. The minimum atomic E-state index is -0.724. The molecule has 15 heavy (non-hydrogen) atoms. The number of hydrogen-bond donors (Lipinski definition) is 2. The van der Waals surface area contributed by atoms with Crippen LogP contribution in [0.1, 0.15) is 18.1 Å². The van der Waals surface area contributed by atoms with E-state index in [1.165, 1.54) is 7.11 Å². The molecule has 0 aliphatic carbocycles. The fraction of sp³-hybridized carbons (Fsp3) is 0.455. The van der Waals surface area contributed by atoms with Crippen molar-refractivity contribution in [3.05, 3.63) is 23.0 Å². The van der Waals surface area contributed by atoms with Crippen LogP contribution in [0.3, 0.4) is 0 Å². The van der Waals surface area contributed by atoms with E-state index in [0.717, 1.165) is 0 Å². The van der Waals surface area contributed by atoms with Crippen molar-refractivity contribution >= 4 is 0 Å². The van der Waals surface area contributed by atoms with Gasteiger partial charge >= 0.3 is 0 Å². The van der Waals surface area contributed by atoms with Gasteiger partial charge in [-0.05, 0) is 31.0 Å². The van der Waals surface area contributed by atoms with Crippen LogP contribution in [0.15, 0.2) is 6.07 Å². The molecule has 0 fully saturated rings. The third-order valence-corrected chi connectivity index (χ3v) is 2.17. The Balaban J connectivity index is 3.21. The highest BCUT2D eigenvalue weighted by molar-refractivity contribution is 5.49. The second-order valence-corrected chi connectivity index (χ2v) is 3.60. The standard InChI is InChI=1S/C11H15FO3/c1-6-4-8(5-7(2)13)9(12)10(14)11(6)15-3/h4,7,13-14H,5H2,1-3H3. The summed E-state index contributed by atoms with van der Waals surface area (Å²) >= 11 is 0. The second-order valence-electron chi connectivity index (χ2n) is 3.60. The van der Waals surface area contributed by atoms with Crippen LogP contribution in [-0.4, -0.2) is 23.4 Å². The number of phenolic OH excluding ortho intramolecular Hbond substituents is 1. The molecule has 1 atom stereocenters. The van der Waals surface area contributed by atoms with Crippen LogP contribution in [0.4, 0.5) is 4.39 Å². The molecule has 2 N–H and O–H groups in total. The summed E-state index contributed by atoms with van der Waals surface area (Å²) in [5, 5.41) is 18.6. The van der Waals surface area contributed by atoms with Gasteiger partial charge in [-0.1, -0.05) is 0 Å². The van der Waals surface area contributed by atoms with Crippen molar-refractivity contribution in [2.45, 2.75) is 26.4 Å². The zero-order valence-corrected chi connectivity index (χ0v) is 9.04. The molecule has 1 rings (SSSR count). The number of rotatable bonds is 3. The molecular weight excluding hydrogens is 199 g/mol. The summed E-state index contributed by atoms with van der Waals surface area (Å²) in [6, 6.07) is 1.57. The Morgan fingerprint density at radius 3 is 2.60 bits per heavy atom. The quantitative estimate of drug-likeness (QED) is 0.806. The van der Waals surface area contributed by atoms with E-state index >= 15 is 0 Å². The van der Waals surface area contributed by atoms with Crippen molar-refractivity contribution in [3.8, 4) is 11.5 Å². The number of aliphatic hydroxyl groups excluding tert-OH is 1. The van der Waals surface area contributed by atoms with E-state index in [1.54, 1.807) is 19.9 Å². The molecule has 1 aromatic carbocycles. The Labute approximate surface area is 88.1 Å². The first kappa shape index (κ1) is 11.8. The first-order valence-electron chi connectivity index (χ1n) is 4.70. The molecule has 0 aromatic heterocycles. The summed E-state index contributed by atoms with van der Waals surface area (Å²) in [4.78, 5) is 0. The van der Waals surface area contributed by atoms with Crippen molar-refractivity contribution in [2.24, 2.45) is 0 Å². The Bertz CT molecular complexity index is 361. The molecular formula is C11H15FO3. The van der Waals surface area contributed by atoms with E-state index in [-0.39, 0.29) is 12.2 Å². The van der Waals surface area contributed by atoms with Crippen LogP contribution >= 0.6 is 0 Å². The topological polar surface area (TPSA) is 49.7 Å². The predicted octanol–water partition coefficient (Wildman–Crippen LogP) is 1.77. The van der Waals surface area contributed by atoms with Crippen LogP contribution in [0.2, 0.25) is 0 Å². The van der Waals surface area contributed by atoms with Gasteiger partial charge in [-0.2, -0.15) is 0 Å². The molecule has 0 aliphatic rings. The van der Waals surface area contributed by atoms with Gasteiger partial charge in [0, 0.05) is 6.42 Å². The Morgan fingerprint density at radius 1 is 1.53 bits per heavy atom. The number of halogens is 1. The average Bonchev–Trinajstić information content (AvgIpc) is 2.14. The number of hydrogen-bond acceptors (Lipinski definition) is 3. The Kier molecular flexibility index (Phi) is 3.52. The van der Waals surface area contributed by atoms with Gasteiger partial charge in [0.15, 0.2) is 17.3 Å².